The number of benzene rings is 1. The van der Waals surface area contributed by atoms with Gasteiger partial charge in [0.1, 0.15) is 5.60 Å². The topological polar surface area (TPSA) is 73.9 Å². The van der Waals surface area contributed by atoms with E-state index in [4.69, 9.17) is 20.6 Å². The number of Topliss-reactive ketones (excluding diaryl/α,β-unsaturated/α-hetero) is 1. The van der Waals surface area contributed by atoms with E-state index < -0.39 is 11.7 Å². The van der Waals surface area contributed by atoms with Crippen molar-refractivity contribution in [1.82, 2.24) is 0 Å². The van der Waals surface area contributed by atoms with Gasteiger partial charge in [-0.3, -0.25) is 10.1 Å². The molecule has 1 N–H and O–H groups in total. The highest BCUT2D eigenvalue weighted by Crippen LogP contribution is 2.18. The summed E-state index contributed by atoms with van der Waals surface area (Å²) in [5.41, 5.74) is 1.45. The van der Waals surface area contributed by atoms with Crippen molar-refractivity contribution in [3.63, 3.8) is 0 Å². The van der Waals surface area contributed by atoms with Gasteiger partial charge in [-0.2, -0.15) is 0 Å². The number of carbonyl (C=O) groups excluding carboxylic acids is 2. The maximum Gasteiger partial charge on any atom is 0.412 e. The molecule has 0 saturated heterocycles. The second-order valence-corrected chi connectivity index (χ2v) is 7.38. The van der Waals surface area contributed by atoms with Crippen LogP contribution in [0.1, 0.15) is 56.5 Å². The Morgan fingerprint density at radius 3 is 2.36 bits per heavy atom. The Bertz CT molecular complexity index is 685. The lowest BCUT2D eigenvalue weighted by Gasteiger charge is -2.20. The summed E-state index contributed by atoms with van der Waals surface area (Å²) in [6.07, 6.45) is 6.71. The Hall–Kier alpha value is -2.36. The maximum absolute atomic E-state index is 12.0. The van der Waals surface area contributed by atoms with E-state index in [0.717, 1.165) is 18.4 Å². The SMILES string of the molecule is C#CCCOCCOCCCc1cc(NC(=O)OC(C)(C)C)cc(C(C)=O)c1. The number of ketones is 1. The molecule has 0 fully saturated rings. The Labute approximate surface area is 167 Å². The number of hydrogen-bond acceptors (Lipinski definition) is 5. The fourth-order valence-electron chi connectivity index (χ4n) is 2.36. The zero-order chi connectivity index (χ0) is 21.0. The van der Waals surface area contributed by atoms with Gasteiger partial charge in [-0.1, -0.05) is 0 Å². The molecule has 0 aliphatic heterocycles. The predicted octanol–water partition coefficient (Wildman–Crippen LogP) is 4.23. The molecule has 0 saturated carbocycles. The first-order valence-corrected chi connectivity index (χ1v) is 9.45. The molecule has 0 aliphatic rings. The van der Waals surface area contributed by atoms with Gasteiger partial charge in [-0.25, -0.2) is 4.79 Å². The van der Waals surface area contributed by atoms with Gasteiger partial charge in [0.05, 0.1) is 19.8 Å². The van der Waals surface area contributed by atoms with Crippen molar-refractivity contribution in [2.24, 2.45) is 0 Å². The lowest BCUT2D eigenvalue weighted by molar-refractivity contribution is 0.0491. The molecule has 0 aliphatic carbocycles. The summed E-state index contributed by atoms with van der Waals surface area (Å²) >= 11 is 0. The highest BCUT2D eigenvalue weighted by molar-refractivity contribution is 5.96. The van der Waals surface area contributed by atoms with Crippen LogP contribution < -0.4 is 5.32 Å². The van der Waals surface area contributed by atoms with E-state index in [2.05, 4.69) is 11.2 Å². The van der Waals surface area contributed by atoms with Gasteiger partial charge in [0.25, 0.3) is 0 Å². The Morgan fingerprint density at radius 2 is 1.75 bits per heavy atom. The van der Waals surface area contributed by atoms with Gasteiger partial charge >= 0.3 is 6.09 Å². The van der Waals surface area contributed by atoms with Crippen LogP contribution in [0, 0.1) is 12.3 Å². The second kappa shape index (κ2) is 12.2. The van der Waals surface area contributed by atoms with Gasteiger partial charge < -0.3 is 14.2 Å². The van der Waals surface area contributed by atoms with Crippen molar-refractivity contribution in [2.45, 2.75) is 52.6 Å². The highest BCUT2D eigenvalue weighted by atomic mass is 16.6. The molecule has 1 rings (SSSR count). The molecule has 6 nitrogen and oxygen atoms in total. The van der Waals surface area contributed by atoms with Crippen LogP contribution in [0.4, 0.5) is 10.5 Å². The first-order chi connectivity index (χ1) is 13.2. The van der Waals surface area contributed by atoms with Crippen LogP contribution >= 0.6 is 0 Å². The van der Waals surface area contributed by atoms with E-state index >= 15 is 0 Å². The van der Waals surface area contributed by atoms with Gasteiger partial charge in [0.15, 0.2) is 5.78 Å². The number of ether oxygens (including phenoxy) is 3. The third-order valence-corrected chi connectivity index (χ3v) is 3.56. The van der Waals surface area contributed by atoms with Crippen LogP contribution in [0.2, 0.25) is 0 Å². The monoisotopic (exact) mass is 389 g/mol. The van der Waals surface area contributed by atoms with Crippen LogP contribution in [0.3, 0.4) is 0 Å². The second-order valence-electron chi connectivity index (χ2n) is 7.38. The van der Waals surface area contributed by atoms with Crippen LogP contribution in [0.25, 0.3) is 0 Å². The van der Waals surface area contributed by atoms with Crippen molar-refractivity contribution < 1.29 is 23.8 Å². The lowest BCUT2D eigenvalue weighted by atomic mass is 10.0. The molecule has 0 unspecified atom stereocenters. The minimum Gasteiger partial charge on any atom is -0.444 e. The number of amides is 1. The maximum atomic E-state index is 12.0. The number of hydrogen-bond donors (Lipinski definition) is 1. The number of anilines is 1. The molecule has 0 heterocycles. The predicted molar refractivity (Wildman–Crippen MR) is 110 cm³/mol. The molecule has 0 aromatic heterocycles. The normalized spacial score (nSPS) is 11.0. The Balaban J connectivity index is 2.52. The molecule has 0 atom stereocenters. The van der Waals surface area contributed by atoms with Crippen molar-refractivity contribution in [3.8, 4) is 12.3 Å². The molecule has 28 heavy (non-hydrogen) atoms. The van der Waals surface area contributed by atoms with Crippen LogP contribution in [-0.2, 0) is 20.6 Å². The fraction of sp³-hybridized carbons (Fsp3) is 0.545. The molecule has 0 spiro atoms. The van der Waals surface area contributed by atoms with E-state index in [1.54, 1.807) is 26.8 Å². The van der Waals surface area contributed by atoms with Crippen LogP contribution in [-0.4, -0.2) is 43.9 Å². The molecule has 154 valence electrons. The minimum atomic E-state index is -0.590. The number of carbonyl (C=O) groups is 2. The summed E-state index contributed by atoms with van der Waals surface area (Å²) in [5, 5.41) is 2.69. The fourth-order valence-corrected chi connectivity index (χ4v) is 2.36. The molecule has 1 aromatic carbocycles. The third-order valence-electron chi connectivity index (χ3n) is 3.56. The van der Waals surface area contributed by atoms with Gasteiger partial charge in [0, 0.05) is 24.3 Å². The summed E-state index contributed by atoms with van der Waals surface area (Å²) < 4.78 is 16.1. The molecular formula is C22H31NO5. The summed E-state index contributed by atoms with van der Waals surface area (Å²) in [5.74, 6) is 2.45. The van der Waals surface area contributed by atoms with E-state index in [-0.39, 0.29) is 5.78 Å². The molecule has 0 bridgehead atoms. The van der Waals surface area contributed by atoms with Crippen LogP contribution in [0.15, 0.2) is 18.2 Å². The van der Waals surface area contributed by atoms with Crippen molar-refractivity contribution in [2.75, 3.05) is 31.7 Å². The minimum absolute atomic E-state index is 0.0607. The standard InChI is InChI=1S/C22H31NO5/c1-6-7-10-26-12-13-27-11-8-9-18-14-19(17(2)24)16-20(15-18)23-21(25)28-22(3,4)5/h1,14-16H,7-13H2,2-5H3,(H,23,25). The molecular weight excluding hydrogens is 358 g/mol. The van der Waals surface area contributed by atoms with Crippen LogP contribution in [0.5, 0.6) is 0 Å². The smallest absolute Gasteiger partial charge is 0.412 e. The van der Waals surface area contributed by atoms with Crippen molar-refractivity contribution >= 4 is 17.6 Å². The average molecular weight is 389 g/mol. The van der Waals surface area contributed by atoms with Crippen molar-refractivity contribution in [3.05, 3.63) is 29.3 Å². The average Bonchev–Trinajstić information content (AvgIpc) is 2.58. The van der Waals surface area contributed by atoms with E-state index in [9.17, 15) is 9.59 Å². The van der Waals surface area contributed by atoms with E-state index in [1.165, 1.54) is 6.92 Å². The molecule has 1 amide bonds. The molecule has 1 aromatic rings. The van der Waals surface area contributed by atoms with Gasteiger partial charge in [0.2, 0.25) is 0 Å². The van der Waals surface area contributed by atoms with Gasteiger partial charge in [-0.15, -0.1) is 12.3 Å². The summed E-state index contributed by atoms with van der Waals surface area (Å²) in [7, 11) is 0. The Morgan fingerprint density at radius 1 is 1.07 bits per heavy atom. The number of nitrogens with one attached hydrogen (secondary N) is 1. The number of aryl methyl sites for hydroxylation is 1. The highest BCUT2D eigenvalue weighted by Gasteiger charge is 2.17. The summed E-state index contributed by atoms with van der Waals surface area (Å²) in [6.45, 7) is 9.05. The summed E-state index contributed by atoms with van der Waals surface area (Å²) in [4.78, 5) is 23.8. The third kappa shape index (κ3) is 10.7. The number of terminal acetylenes is 1. The van der Waals surface area contributed by atoms with Gasteiger partial charge in [-0.05, 0) is 64.3 Å². The molecule has 0 radical (unpaired) electrons. The largest absolute Gasteiger partial charge is 0.444 e. The molecule has 6 heteroatoms. The number of rotatable bonds is 11. The first kappa shape index (κ1) is 23.7. The zero-order valence-corrected chi connectivity index (χ0v) is 17.3. The Kier molecular flexibility index (Phi) is 10.3. The van der Waals surface area contributed by atoms with E-state index in [1.807, 2.05) is 12.1 Å². The summed E-state index contributed by atoms with van der Waals surface area (Å²) in [6, 6.07) is 5.34. The lowest BCUT2D eigenvalue weighted by Crippen LogP contribution is -2.27. The van der Waals surface area contributed by atoms with E-state index in [0.29, 0.717) is 44.1 Å². The first-order valence-electron chi connectivity index (χ1n) is 9.45. The zero-order valence-electron chi connectivity index (χ0n) is 17.3. The van der Waals surface area contributed by atoms with Crippen molar-refractivity contribution in [1.29, 1.82) is 0 Å². The quantitative estimate of drug-likeness (QED) is 0.348.